The van der Waals surface area contributed by atoms with E-state index in [0.717, 1.165) is 19.1 Å². The maximum Gasteiger partial charge on any atom is 0.0716 e. The fourth-order valence-electron chi connectivity index (χ4n) is 3.94. The highest BCUT2D eigenvalue weighted by Crippen LogP contribution is 2.20. The zero-order chi connectivity index (χ0) is 18.6. The van der Waals surface area contributed by atoms with Crippen LogP contribution in [0.2, 0.25) is 0 Å². The van der Waals surface area contributed by atoms with Gasteiger partial charge in [-0.2, -0.15) is 0 Å². The Morgan fingerprint density at radius 3 is 2.44 bits per heavy atom. The standard InChI is InChI=1S/C25H35NO/c1(4-10-22-11-7-8-18-26-20-22)2-9-19-27-21-23-14-16-25(17-15-23)24-12-5-3-6-13-24/h3,5-6,12-17,22,26H,1-2,4,7-11,18-21H2. The number of benzene rings is 2. The molecule has 2 aromatic carbocycles. The molecule has 0 aromatic heterocycles. The molecule has 1 N–H and O–H groups in total. The van der Waals surface area contributed by atoms with Gasteiger partial charge < -0.3 is 10.1 Å². The van der Waals surface area contributed by atoms with Crippen molar-refractivity contribution in [3.05, 3.63) is 60.2 Å². The van der Waals surface area contributed by atoms with Gasteiger partial charge >= 0.3 is 0 Å². The molecule has 0 aliphatic carbocycles. The van der Waals surface area contributed by atoms with Gasteiger partial charge in [-0.3, -0.25) is 0 Å². The Kier molecular flexibility index (Phi) is 8.89. The Balaban J connectivity index is 1.23. The van der Waals surface area contributed by atoms with Gasteiger partial charge in [0.1, 0.15) is 0 Å². The Hall–Kier alpha value is -1.64. The van der Waals surface area contributed by atoms with E-state index >= 15 is 0 Å². The van der Waals surface area contributed by atoms with Crippen molar-refractivity contribution in [2.45, 2.75) is 58.0 Å². The van der Waals surface area contributed by atoms with E-state index in [-0.39, 0.29) is 0 Å². The quantitative estimate of drug-likeness (QED) is 0.505. The molecule has 146 valence electrons. The summed E-state index contributed by atoms with van der Waals surface area (Å²) >= 11 is 0. The number of hydrogen-bond acceptors (Lipinski definition) is 2. The zero-order valence-corrected chi connectivity index (χ0v) is 16.7. The summed E-state index contributed by atoms with van der Waals surface area (Å²) in [5, 5.41) is 3.57. The van der Waals surface area contributed by atoms with Gasteiger partial charge in [0.15, 0.2) is 0 Å². The molecule has 2 heteroatoms. The van der Waals surface area contributed by atoms with E-state index in [2.05, 4.69) is 59.9 Å². The summed E-state index contributed by atoms with van der Waals surface area (Å²) in [7, 11) is 0. The minimum absolute atomic E-state index is 0.725. The van der Waals surface area contributed by atoms with Crippen LogP contribution in [0.1, 0.15) is 56.9 Å². The molecule has 0 saturated carbocycles. The fourth-order valence-corrected chi connectivity index (χ4v) is 3.94. The van der Waals surface area contributed by atoms with Crippen LogP contribution in [0.5, 0.6) is 0 Å². The van der Waals surface area contributed by atoms with Gasteiger partial charge in [-0.25, -0.2) is 0 Å². The van der Waals surface area contributed by atoms with Crippen LogP contribution in [0.4, 0.5) is 0 Å². The van der Waals surface area contributed by atoms with Crippen LogP contribution in [0, 0.1) is 5.92 Å². The van der Waals surface area contributed by atoms with Crippen molar-refractivity contribution >= 4 is 0 Å². The average Bonchev–Trinajstić information content (AvgIpc) is 3.00. The first kappa shape index (κ1) is 20.1. The minimum Gasteiger partial charge on any atom is -0.377 e. The zero-order valence-electron chi connectivity index (χ0n) is 16.7. The van der Waals surface area contributed by atoms with Crippen molar-refractivity contribution in [1.82, 2.24) is 5.32 Å². The molecular formula is C25H35NO. The van der Waals surface area contributed by atoms with Crippen LogP contribution in [0.25, 0.3) is 11.1 Å². The summed E-state index contributed by atoms with van der Waals surface area (Å²) < 4.78 is 5.87. The third-order valence-corrected chi connectivity index (χ3v) is 5.63. The van der Waals surface area contributed by atoms with E-state index < -0.39 is 0 Å². The van der Waals surface area contributed by atoms with E-state index in [1.165, 1.54) is 81.1 Å². The van der Waals surface area contributed by atoms with Crippen LogP contribution in [-0.4, -0.2) is 19.7 Å². The van der Waals surface area contributed by atoms with E-state index in [1.807, 2.05) is 0 Å². The van der Waals surface area contributed by atoms with Crippen molar-refractivity contribution < 1.29 is 4.74 Å². The lowest BCUT2D eigenvalue weighted by Crippen LogP contribution is -2.20. The number of rotatable bonds is 10. The summed E-state index contributed by atoms with van der Waals surface area (Å²) in [4.78, 5) is 0. The van der Waals surface area contributed by atoms with Crippen molar-refractivity contribution in [3.63, 3.8) is 0 Å². The molecule has 1 heterocycles. The molecule has 1 saturated heterocycles. The number of hydrogen-bond donors (Lipinski definition) is 1. The minimum atomic E-state index is 0.725. The van der Waals surface area contributed by atoms with Crippen molar-refractivity contribution in [2.24, 2.45) is 5.92 Å². The van der Waals surface area contributed by atoms with E-state index in [9.17, 15) is 0 Å². The normalized spacial score (nSPS) is 17.6. The van der Waals surface area contributed by atoms with Gasteiger partial charge in [0.05, 0.1) is 6.61 Å². The van der Waals surface area contributed by atoms with Crippen LogP contribution in [0.15, 0.2) is 54.6 Å². The monoisotopic (exact) mass is 365 g/mol. The highest BCUT2D eigenvalue weighted by molar-refractivity contribution is 5.63. The van der Waals surface area contributed by atoms with E-state index in [4.69, 9.17) is 4.74 Å². The molecule has 0 radical (unpaired) electrons. The Morgan fingerprint density at radius 2 is 1.59 bits per heavy atom. The third-order valence-electron chi connectivity index (χ3n) is 5.63. The van der Waals surface area contributed by atoms with Gasteiger partial charge in [0, 0.05) is 6.61 Å². The lowest BCUT2D eigenvalue weighted by atomic mass is 9.96. The Labute approximate surface area is 165 Å². The highest BCUT2D eigenvalue weighted by atomic mass is 16.5. The molecule has 2 nitrogen and oxygen atoms in total. The molecule has 1 unspecified atom stereocenters. The Bertz CT molecular complexity index is 615. The predicted molar refractivity (Wildman–Crippen MR) is 115 cm³/mol. The first-order valence-corrected chi connectivity index (χ1v) is 10.8. The molecule has 27 heavy (non-hydrogen) atoms. The van der Waals surface area contributed by atoms with Crippen LogP contribution < -0.4 is 5.32 Å². The second kappa shape index (κ2) is 11.9. The molecule has 1 aliphatic rings. The molecule has 2 aromatic rings. The molecule has 1 atom stereocenters. The number of unbranched alkanes of at least 4 members (excludes halogenated alkanes) is 3. The summed E-state index contributed by atoms with van der Waals surface area (Å²) in [6.07, 6.45) is 10.8. The van der Waals surface area contributed by atoms with Gasteiger partial charge in [0.25, 0.3) is 0 Å². The van der Waals surface area contributed by atoms with Crippen LogP contribution >= 0.6 is 0 Å². The van der Waals surface area contributed by atoms with Crippen molar-refractivity contribution in [2.75, 3.05) is 19.7 Å². The lowest BCUT2D eigenvalue weighted by Gasteiger charge is -2.13. The number of nitrogens with one attached hydrogen (secondary N) is 1. The maximum absolute atomic E-state index is 5.87. The maximum atomic E-state index is 5.87. The summed E-state index contributed by atoms with van der Waals surface area (Å²) in [5.41, 5.74) is 3.79. The van der Waals surface area contributed by atoms with E-state index in [0.29, 0.717) is 0 Å². The topological polar surface area (TPSA) is 21.3 Å². The summed E-state index contributed by atoms with van der Waals surface area (Å²) in [5.74, 6) is 0.919. The second-order valence-corrected chi connectivity index (χ2v) is 7.88. The van der Waals surface area contributed by atoms with Crippen LogP contribution in [-0.2, 0) is 11.3 Å². The van der Waals surface area contributed by atoms with Crippen molar-refractivity contribution in [3.8, 4) is 11.1 Å². The van der Waals surface area contributed by atoms with E-state index in [1.54, 1.807) is 0 Å². The first-order valence-electron chi connectivity index (χ1n) is 10.8. The van der Waals surface area contributed by atoms with Gasteiger partial charge in [-0.05, 0) is 61.4 Å². The first-order chi connectivity index (χ1) is 13.4. The van der Waals surface area contributed by atoms with Crippen molar-refractivity contribution in [1.29, 1.82) is 0 Å². The highest BCUT2D eigenvalue weighted by Gasteiger charge is 2.10. The molecule has 3 rings (SSSR count). The summed E-state index contributed by atoms with van der Waals surface area (Å²) in [6.45, 7) is 4.07. The molecule has 0 amide bonds. The smallest absolute Gasteiger partial charge is 0.0716 e. The third kappa shape index (κ3) is 7.48. The number of ether oxygens (including phenoxy) is 1. The predicted octanol–water partition coefficient (Wildman–Crippen LogP) is 6.21. The average molecular weight is 366 g/mol. The lowest BCUT2D eigenvalue weighted by molar-refractivity contribution is 0.116. The van der Waals surface area contributed by atoms with Gasteiger partial charge in [0.2, 0.25) is 0 Å². The molecule has 0 bridgehead atoms. The molecule has 0 spiro atoms. The fraction of sp³-hybridized carbons (Fsp3) is 0.520. The molecule has 1 aliphatic heterocycles. The molecule has 1 fully saturated rings. The van der Waals surface area contributed by atoms with Crippen LogP contribution in [0.3, 0.4) is 0 Å². The summed E-state index contributed by atoms with van der Waals surface area (Å²) in [6, 6.07) is 19.3. The Morgan fingerprint density at radius 1 is 0.815 bits per heavy atom. The molecular weight excluding hydrogens is 330 g/mol. The van der Waals surface area contributed by atoms with Gasteiger partial charge in [-0.1, -0.05) is 80.3 Å². The SMILES string of the molecule is c1ccc(-c2ccc(COCCCCCCC3CCCCNC3)cc2)cc1. The van der Waals surface area contributed by atoms with Gasteiger partial charge in [-0.15, -0.1) is 0 Å². The second-order valence-electron chi connectivity index (χ2n) is 7.88. The largest absolute Gasteiger partial charge is 0.377 e.